The Morgan fingerprint density at radius 2 is 1.37 bits per heavy atom. The average Bonchev–Trinajstić information content (AvgIpc) is 3.04. The molecule has 0 saturated heterocycles. The summed E-state index contributed by atoms with van der Waals surface area (Å²) in [7, 11) is 0. The number of primary amides is 1. The van der Waals surface area contributed by atoms with Crippen LogP contribution in [-0.2, 0) is 40.0 Å². The maximum atomic E-state index is 13.8. The van der Waals surface area contributed by atoms with Crippen LogP contribution in [0.4, 0.5) is 0 Å². The molecule has 6 atom stereocenters. The van der Waals surface area contributed by atoms with Gasteiger partial charge in [0.2, 0.25) is 35.4 Å². The Hall–Kier alpha value is -5.10. The number of aliphatic hydroxyl groups is 1. The highest BCUT2D eigenvalue weighted by Gasteiger charge is 2.33. The third-order valence-electron chi connectivity index (χ3n) is 7.23. The van der Waals surface area contributed by atoms with Gasteiger partial charge in [-0.3, -0.25) is 33.8 Å². The number of carbonyl (C=O) groups is 7. The summed E-state index contributed by atoms with van der Waals surface area (Å²) in [5.41, 5.74) is 22.1. The first kappa shape index (κ1) is 41.9. The van der Waals surface area contributed by atoms with E-state index in [4.69, 9.17) is 22.9 Å². The Kier molecular flexibility index (Phi) is 18.6. The molecule has 0 heterocycles. The molecule has 0 bridgehead atoms. The van der Waals surface area contributed by atoms with Crippen molar-refractivity contribution >= 4 is 47.7 Å². The van der Waals surface area contributed by atoms with Crippen molar-refractivity contribution in [3.8, 4) is 0 Å². The summed E-state index contributed by atoms with van der Waals surface area (Å²) in [4.78, 5) is 92.7. The first-order chi connectivity index (χ1) is 23.1. The van der Waals surface area contributed by atoms with Gasteiger partial charge in [0, 0.05) is 19.4 Å². The molecule has 0 fully saturated rings. The number of benzene rings is 1. The fourth-order valence-corrected chi connectivity index (χ4v) is 4.50. The van der Waals surface area contributed by atoms with Crippen LogP contribution in [0.15, 0.2) is 35.3 Å². The summed E-state index contributed by atoms with van der Waals surface area (Å²) in [5, 5.41) is 22.4. The van der Waals surface area contributed by atoms with Crippen LogP contribution in [0.5, 0.6) is 0 Å². The molecule has 18 nitrogen and oxygen atoms in total. The van der Waals surface area contributed by atoms with Gasteiger partial charge < -0.3 is 59.4 Å². The van der Waals surface area contributed by atoms with E-state index in [0.29, 0.717) is 18.3 Å². The second-order valence-electron chi connectivity index (χ2n) is 11.7. The molecule has 1 aromatic carbocycles. The third-order valence-corrected chi connectivity index (χ3v) is 7.23. The van der Waals surface area contributed by atoms with Gasteiger partial charge in [0.05, 0.1) is 12.6 Å². The molecule has 0 unspecified atom stereocenters. The van der Waals surface area contributed by atoms with E-state index < -0.39 is 84.2 Å². The lowest BCUT2D eigenvalue weighted by molar-refractivity contribution is -0.135. The molecule has 0 aromatic heterocycles. The van der Waals surface area contributed by atoms with Crippen LogP contribution in [-0.4, -0.2) is 102 Å². The minimum absolute atomic E-state index is 0.0302. The molecule has 0 spiro atoms. The number of carbonyl (C=O) groups excluding carboxylic acids is 7. The number of aliphatic imine (C=N–C) groups is 1. The van der Waals surface area contributed by atoms with Gasteiger partial charge in [-0.1, -0.05) is 44.2 Å². The molecule has 0 radical (unpaired) electrons. The van der Waals surface area contributed by atoms with Crippen LogP contribution in [0.25, 0.3) is 0 Å². The van der Waals surface area contributed by atoms with Gasteiger partial charge in [0.1, 0.15) is 36.5 Å². The molecule has 0 aliphatic carbocycles. The van der Waals surface area contributed by atoms with Crippen molar-refractivity contribution < 1.29 is 38.7 Å². The van der Waals surface area contributed by atoms with Gasteiger partial charge in [-0.05, 0) is 37.7 Å². The zero-order chi connectivity index (χ0) is 37.1. The van der Waals surface area contributed by atoms with E-state index in [9.17, 15) is 38.7 Å². The number of aldehydes is 1. The van der Waals surface area contributed by atoms with Gasteiger partial charge in [-0.2, -0.15) is 0 Å². The number of rotatable bonds is 22. The lowest BCUT2D eigenvalue weighted by atomic mass is 10.0. The Bertz CT molecular complexity index is 1300. The Morgan fingerprint density at radius 1 is 0.796 bits per heavy atom. The normalized spacial score (nSPS) is 14.5. The lowest BCUT2D eigenvalue weighted by Gasteiger charge is -2.28. The molecule has 0 aliphatic heterocycles. The van der Waals surface area contributed by atoms with Gasteiger partial charge in [-0.25, -0.2) is 0 Å². The van der Waals surface area contributed by atoms with Crippen molar-refractivity contribution in [1.29, 1.82) is 0 Å². The van der Waals surface area contributed by atoms with Gasteiger partial charge in [-0.15, -0.1) is 0 Å². The van der Waals surface area contributed by atoms with Gasteiger partial charge in [0.15, 0.2) is 5.96 Å². The van der Waals surface area contributed by atoms with Crippen molar-refractivity contribution in [3.05, 3.63) is 35.9 Å². The second kappa shape index (κ2) is 21.7. The zero-order valence-corrected chi connectivity index (χ0v) is 28.0. The Labute approximate surface area is 284 Å². The quantitative estimate of drug-likeness (QED) is 0.0243. The lowest BCUT2D eigenvalue weighted by Crippen LogP contribution is -2.60. The number of aliphatic hydroxyl groups excluding tert-OH is 1. The van der Waals surface area contributed by atoms with E-state index in [0.717, 1.165) is 0 Å². The van der Waals surface area contributed by atoms with Gasteiger partial charge in [0.25, 0.3) is 0 Å². The Balaban J connectivity index is 3.33. The monoisotopic (exact) mass is 690 g/mol. The molecule has 1 aromatic rings. The minimum Gasteiger partial charge on any atom is -0.391 e. The largest absolute Gasteiger partial charge is 0.391 e. The van der Waals surface area contributed by atoms with E-state index in [1.807, 2.05) is 0 Å². The van der Waals surface area contributed by atoms with Crippen LogP contribution < -0.4 is 49.5 Å². The maximum absolute atomic E-state index is 13.8. The van der Waals surface area contributed by atoms with E-state index in [1.54, 1.807) is 44.2 Å². The predicted molar refractivity (Wildman–Crippen MR) is 180 cm³/mol. The molecule has 49 heavy (non-hydrogen) atoms. The summed E-state index contributed by atoms with van der Waals surface area (Å²) in [5.74, 6) is -5.17. The highest BCUT2D eigenvalue weighted by Crippen LogP contribution is 2.09. The molecule has 1 rings (SSSR count). The van der Waals surface area contributed by atoms with E-state index in [-0.39, 0.29) is 38.2 Å². The number of amides is 6. The van der Waals surface area contributed by atoms with Gasteiger partial charge >= 0.3 is 0 Å². The van der Waals surface area contributed by atoms with Crippen LogP contribution in [0.3, 0.4) is 0 Å². The number of nitrogens with two attached hydrogens (primary N) is 4. The molecule has 0 saturated carbocycles. The molecule has 18 heteroatoms. The zero-order valence-electron chi connectivity index (χ0n) is 28.0. The third kappa shape index (κ3) is 16.0. The van der Waals surface area contributed by atoms with Crippen molar-refractivity contribution in [2.24, 2.45) is 33.8 Å². The Morgan fingerprint density at radius 3 is 1.90 bits per heavy atom. The first-order valence-electron chi connectivity index (χ1n) is 15.8. The predicted octanol–water partition coefficient (Wildman–Crippen LogP) is -3.83. The molecule has 272 valence electrons. The fourth-order valence-electron chi connectivity index (χ4n) is 4.50. The number of hydrogen-bond acceptors (Lipinski definition) is 10. The highest BCUT2D eigenvalue weighted by molar-refractivity contribution is 5.96. The van der Waals surface area contributed by atoms with Crippen LogP contribution in [0.1, 0.15) is 52.0 Å². The standard InChI is InChI=1S/C31H50N10O8/c1-17(2)26(30(49)40-23(16-42)18(3)43)41-28(47)21(11-12-24(33)44)38-29(48)22(14-19-8-5-4-6-9-19)39-27(46)20(37-25(45)15-32)10-7-13-36-31(34)35/h4-6,8-9,16-18,20-23,26,43H,7,10-15,32H2,1-3H3,(H2,33,44)(H,37,45)(H,38,48)(H,39,46)(H,40,49)(H,41,47)(H4,34,35,36)/t18-,20+,21+,22+,23-,26+/m1/s1. The maximum Gasteiger partial charge on any atom is 0.243 e. The summed E-state index contributed by atoms with van der Waals surface area (Å²) < 4.78 is 0. The molecular weight excluding hydrogens is 640 g/mol. The van der Waals surface area contributed by atoms with E-state index in [1.165, 1.54) is 6.92 Å². The number of hydrogen-bond donors (Lipinski definition) is 10. The summed E-state index contributed by atoms with van der Waals surface area (Å²) in [6.07, 6.45) is -1.06. The fraction of sp³-hybridized carbons (Fsp3) is 0.548. The van der Waals surface area contributed by atoms with E-state index >= 15 is 0 Å². The minimum atomic E-state index is -1.39. The smallest absolute Gasteiger partial charge is 0.243 e. The summed E-state index contributed by atoms with van der Waals surface area (Å²) >= 11 is 0. The SMILES string of the molecule is CC(C)[C@H](NC(=O)[C@H](CCC(N)=O)NC(=O)[C@H](Cc1ccccc1)NC(=O)[C@H](CCCN=C(N)N)NC(=O)CN)C(=O)N[C@H](C=O)[C@@H](C)O. The molecule has 0 aliphatic rings. The number of nitrogens with one attached hydrogen (secondary N) is 5. The topological polar surface area (TPSA) is 316 Å². The molecule has 14 N–H and O–H groups in total. The van der Waals surface area contributed by atoms with Crippen molar-refractivity contribution in [1.82, 2.24) is 26.6 Å². The summed E-state index contributed by atoms with van der Waals surface area (Å²) in [6.45, 7) is 4.33. The first-order valence-corrected chi connectivity index (χ1v) is 15.8. The van der Waals surface area contributed by atoms with Crippen molar-refractivity contribution in [3.63, 3.8) is 0 Å². The molecule has 6 amide bonds. The molecular formula is C31H50N10O8. The van der Waals surface area contributed by atoms with Crippen LogP contribution >= 0.6 is 0 Å². The van der Waals surface area contributed by atoms with Crippen molar-refractivity contribution in [2.75, 3.05) is 13.1 Å². The number of guanidine groups is 1. The second-order valence-corrected chi connectivity index (χ2v) is 11.7. The van der Waals surface area contributed by atoms with Crippen molar-refractivity contribution in [2.45, 2.75) is 89.2 Å². The summed E-state index contributed by atoms with van der Waals surface area (Å²) in [6, 6.07) is 2.43. The number of nitrogens with zero attached hydrogens (tertiary/aromatic N) is 1. The van der Waals surface area contributed by atoms with E-state index in [2.05, 4.69) is 31.6 Å². The highest BCUT2D eigenvalue weighted by atomic mass is 16.3. The average molecular weight is 691 g/mol. The van der Waals surface area contributed by atoms with Crippen LogP contribution in [0.2, 0.25) is 0 Å². The van der Waals surface area contributed by atoms with Crippen LogP contribution in [0, 0.1) is 5.92 Å².